The topological polar surface area (TPSA) is 61.4 Å². The largest absolute Gasteiger partial charge is 0.508 e. The highest BCUT2D eigenvalue weighted by molar-refractivity contribution is 5.94. The predicted octanol–water partition coefficient (Wildman–Crippen LogP) is 0.730. The smallest absolute Gasteiger partial charge is 0.251 e. The third kappa shape index (κ3) is 2.33. The van der Waals surface area contributed by atoms with Crippen LogP contribution < -0.4 is 10.6 Å². The van der Waals surface area contributed by atoms with E-state index in [0.717, 1.165) is 13.1 Å². The summed E-state index contributed by atoms with van der Waals surface area (Å²) in [5.41, 5.74) is 0.580. The van der Waals surface area contributed by atoms with Crippen molar-refractivity contribution in [2.45, 2.75) is 13.0 Å². The zero-order valence-corrected chi connectivity index (χ0v) is 9.23. The molecule has 1 aliphatic rings. The molecule has 86 valence electrons. The van der Waals surface area contributed by atoms with Crippen molar-refractivity contribution in [3.05, 3.63) is 29.8 Å². The van der Waals surface area contributed by atoms with Crippen LogP contribution in [0.15, 0.2) is 24.3 Å². The highest BCUT2D eigenvalue weighted by atomic mass is 16.3. The van der Waals surface area contributed by atoms with E-state index in [1.54, 1.807) is 12.1 Å². The quantitative estimate of drug-likeness (QED) is 0.688. The lowest BCUT2D eigenvalue weighted by atomic mass is 10.1. The fraction of sp³-hybridized carbons (Fsp3) is 0.417. The van der Waals surface area contributed by atoms with Gasteiger partial charge in [-0.05, 0) is 36.7 Å². The van der Waals surface area contributed by atoms with Gasteiger partial charge in [-0.25, -0.2) is 0 Å². The van der Waals surface area contributed by atoms with E-state index in [2.05, 4.69) is 17.6 Å². The molecule has 4 nitrogen and oxygen atoms in total. The summed E-state index contributed by atoms with van der Waals surface area (Å²) in [4.78, 5) is 11.8. The number of hydrogen-bond acceptors (Lipinski definition) is 3. The third-order valence-corrected chi connectivity index (χ3v) is 2.96. The molecule has 2 atom stereocenters. The number of aromatic hydroxyl groups is 1. The first-order chi connectivity index (χ1) is 7.66. The average molecular weight is 220 g/mol. The Balaban J connectivity index is 2.00. The zero-order chi connectivity index (χ0) is 11.5. The van der Waals surface area contributed by atoms with Gasteiger partial charge >= 0.3 is 0 Å². The molecule has 0 bridgehead atoms. The first kappa shape index (κ1) is 11.0. The molecule has 1 saturated heterocycles. The summed E-state index contributed by atoms with van der Waals surface area (Å²) in [5.74, 6) is 0.550. The molecule has 0 saturated carbocycles. The fourth-order valence-electron chi connectivity index (χ4n) is 1.87. The maximum absolute atomic E-state index is 11.8. The summed E-state index contributed by atoms with van der Waals surface area (Å²) >= 11 is 0. The van der Waals surface area contributed by atoms with Crippen LogP contribution in [0.25, 0.3) is 0 Å². The van der Waals surface area contributed by atoms with Gasteiger partial charge in [0.25, 0.3) is 5.91 Å². The minimum atomic E-state index is -0.0828. The van der Waals surface area contributed by atoms with Gasteiger partial charge < -0.3 is 15.7 Å². The molecule has 2 unspecified atom stereocenters. The number of carbonyl (C=O) groups excluding carboxylic acids is 1. The number of rotatable bonds is 2. The van der Waals surface area contributed by atoms with Crippen LogP contribution in [0.1, 0.15) is 17.3 Å². The van der Waals surface area contributed by atoms with Crippen LogP contribution in [0.2, 0.25) is 0 Å². The Labute approximate surface area is 94.7 Å². The number of phenolic OH excluding ortho intramolecular Hbond substituents is 1. The maximum atomic E-state index is 11.8. The Hall–Kier alpha value is -1.55. The summed E-state index contributed by atoms with van der Waals surface area (Å²) in [6.45, 7) is 3.88. The zero-order valence-electron chi connectivity index (χ0n) is 9.23. The van der Waals surface area contributed by atoms with E-state index >= 15 is 0 Å². The van der Waals surface area contributed by atoms with Crippen molar-refractivity contribution < 1.29 is 9.90 Å². The second-order valence-corrected chi connectivity index (χ2v) is 4.26. The summed E-state index contributed by atoms with van der Waals surface area (Å²) in [6.07, 6.45) is 0. The first-order valence-electron chi connectivity index (χ1n) is 5.47. The normalized spacial score (nSPS) is 24.3. The molecule has 3 N–H and O–H groups in total. The molecule has 1 amide bonds. The molecule has 1 aromatic carbocycles. The highest BCUT2D eigenvalue weighted by Crippen LogP contribution is 2.12. The number of carbonyl (C=O) groups is 1. The Bertz CT molecular complexity index is 375. The van der Waals surface area contributed by atoms with Gasteiger partial charge in [-0.1, -0.05) is 6.92 Å². The molecule has 0 radical (unpaired) electrons. The van der Waals surface area contributed by atoms with Gasteiger partial charge in [0.2, 0.25) is 0 Å². The highest BCUT2D eigenvalue weighted by Gasteiger charge is 2.24. The van der Waals surface area contributed by atoms with Crippen molar-refractivity contribution in [3.63, 3.8) is 0 Å². The molecule has 4 heteroatoms. The fourth-order valence-corrected chi connectivity index (χ4v) is 1.87. The van der Waals surface area contributed by atoms with Crippen molar-refractivity contribution in [3.8, 4) is 5.75 Å². The maximum Gasteiger partial charge on any atom is 0.251 e. The van der Waals surface area contributed by atoms with Crippen molar-refractivity contribution in [1.82, 2.24) is 10.6 Å². The van der Waals surface area contributed by atoms with Crippen LogP contribution >= 0.6 is 0 Å². The van der Waals surface area contributed by atoms with Gasteiger partial charge in [-0.15, -0.1) is 0 Å². The molecule has 1 aliphatic heterocycles. The summed E-state index contributed by atoms with van der Waals surface area (Å²) in [5, 5.41) is 15.3. The standard InChI is InChI=1S/C12H16N2O2/c1-8-6-13-7-11(8)14-12(16)9-2-4-10(15)5-3-9/h2-5,8,11,13,15H,6-7H2,1H3,(H,14,16). The Kier molecular flexibility index (Phi) is 3.10. The van der Waals surface area contributed by atoms with E-state index < -0.39 is 0 Å². The Morgan fingerprint density at radius 3 is 2.62 bits per heavy atom. The number of amides is 1. The lowest BCUT2D eigenvalue weighted by Crippen LogP contribution is -2.39. The molecule has 0 aromatic heterocycles. The molecule has 2 rings (SSSR count). The molecule has 16 heavy (non-hydrogen) atoms. The minimum absolute atomic E-state index is 0.0828. The number of nitrogens with one attached hydrogen (secondary N) is 2. The van der Waals surface area contributed by atoms with Gasteiger partial charge in [0, 0.05) is 18.2 Å². The number of phenols is 1. The van der Waals surface area contributed by atoms with Crippen LogP contribution in [0.3, 0.4) is 0 Å². The molecular weight excluding hydrogens is 204 g/mol. The molecule has 0 aliphatic carbocycles. The van der Waals surface area contributed by atoms with Crippen LogP contribution in [-0.2, 0) is 0 Å². The molecule has 1 heterocycles. The Morgan fingerprint density at radius 1 is 1.38 bits per heavy atom. The average Bonchev–Trinajstić information content (AvgIpc) is 2.65. The lowest BCUT2D eigenvalue weighted by Gasteiger charge is -2.16. The summed E-state index contributed by atoms with van der Waals surface area (Å²) in [6, 6.07) is 6.48. The summed E-state index contributed by atoms with van der Waals surface area (Å²) in [7, 11) is 0. The lowest BCUT2D eigenvalue weighted by molar-refractivity contribution is 0.0933. The Morgan fingerprint density at radius 2 is 2.06 bits per heavy atom. The van der Waals surface area contributed by atoms with Crippen molar-refractivity contribution in [1.29, 1.82) is 0 Å². The molecule has 0 spiro atoms. The monoisotopic (exact) mass is 220 g/mol. The van der Waals surface area contributed by atoms with Crippen molar-refractivity contribution in [2.75, 3.05) is 13.1 Å². The van der Waals surface area contributed by atoms with Gasteiger partial charge in [0.05, 0.1) is 0 Å². The van der Waals surface area contributed by atoms with E-state index in [9.17, 15) is 4.79 Å². The summed E-state index contributed by atoms with van der Waals surface area (Å²) < 4.78 is 0. The van der Waals surface area contributed by atoms with Gasteiger partial charge in [0.15, 0.2) is 0 Å². The van der Waals surface area contributed by atoms with Crippen LogP contribution in [0.4, 0.5) is 0 Å². The van der Waals surface area contributed by atoms with E-state index in [1.165, 1.54) is 12.1 Å². The van der Waals surface area contributed by atoms with Gasteiger partial charge in [-0.3, -0.25) is 4.79 Å². The van der Waals surface area contributed by atoms with Gasteiger partial charge in [0.1, 0.15) is 5.75 Å². The van der Waals surface area contributed by atoms with Crippen LogP contribution in [0, 0.1) is 5.92 Å². The molecular formula is C12H16N2O2. The predicted molar refractivity (Wildman–Crippen MR) is 61.4 cm³/mol. The van der Waals surface area contributed by atoms with Crippen LogP contribution in [-0.4, -0.2) is 30.1 Å². The van der Waals surface area contributed by atoms with Crippen LogP contribution in [0.5, 0.6) is 5.75 Å². The minimum Gasteiger partial charge on any atom is -0.508 e. The van der Waals surface area contributed by atoms with E-state index in [4.69, 9.17) is 5.11 Å². The van der Waals surface area contributed by atoms with E-state index in [-0.39, 0.29) is 17.7 Å². The molecule has 1 aromatic rings. The van der Waals surface area contributed by atoms with E-state index in [1.807, 2.05) is 0 Å². The second-order valence-electron chi connectivity index (χ2n) is 4.26. The third-order valence-electron chi connectivity index (χ3n) is 2.96. The van der Waals surface area contributed by atoms with Crippen molar-refractivity contribution in [2.24, 2.45) is 5.92 Å². The SMILES string of the molecule is CC1CNCC1NC(=O)c1ccc(O)cc1. The molecule has 1 fully saturated rings. The number of benzene rings is 1. The first-order valence-corrected chi connectivity index (χ1v) is 5.47. The second kappa shape index (κ2) is 4.53. The van der Waals surface area contributed by atoms with Gasteiger partial charge in [-0.2, -0.15) is 0 Å². The van der Waals surface area contributed by atoms with Crippen molar-refractivity contribution >= 4 is 5.91 Å². The number of hydrogen-bond donors (Lipinski definition) is 3. The van der Waals surface area contributed by atoms with E-state index in [0.29, 0.717) is 11.5 Å².